The molecule has 7 rings (SSSR count). The lowest BCUT2D eigenvalue weighted by molar-refractivity contribution is -0.148. The highest BCUT2D eigenvalue weighted by atomic mass is 32.1. The first-order valence-electron chi connectivity index (χ1n) is 11.4. The molecule has 0 aromatic carbocycles. The standard InChI is InChI=1S/C24H23FN6O2S/c1-11-9-26-19-14(10-27-23(19)28-11)21-30-20(15-3-2-8-34-15)17(25)22(31-21)29-18-13-6-4-12(5-7-13)16(18)24(32)33/h2-3,8-10,12-13,16,18H,4-7H2,1H3,(H,27,28)(H,32,33)(H,29,30,31)/t12?,13?,16-,18-/m0/s1. The van der Waals surface area contributed by atoms with Crippen molar-refractivity contribution in [2.45, 2.75) is 38.6 Å². The van der Waals surface area contributed by atoms with Crippen molar-refractivity contribution in [3.05, 3.63) is 41.4 Å². The number of aliphatic carboxylic acids is 1. The third-order valence-corrected chi connectivity index (χ3v) is 8.03. The van der Waals surface area contributed by atoms with Crippen LogP contribution in [0.25, 0.3) is 33.1 Å². The first kappa shape index (κ1) is 21.2. The number of anilines is 1. The van der Waals surface area contributed by atoms with E-state index >= 15 is 4.39 Å². The van der Waals surface area contributed by atoms with Crippen LogP contribution in [0.5, 0.6) is 0 Å². The van der Waals surface area contributed by atoms with E-state index in [0.717, 1.165) is 31.4 Å². The van der Waals surface area contributed by atoms with Crippen molar-refractivity contribution >= 4 is 34.3 Å². The average Bonchev–Trinajstić information content (AvgIpc) is 3.51. The maximum atomic E-state index is 15.8. The summed E-state index contributed by atoms with van der Waals surface area (Å²) in [6, 6.07) is 3.28. The van der Waals surface area contributed by atoms with Crippen LogP contribution >= 0.6 is 11.3 Å². The molecule has 0 aliphatic heterocycles. The van der Waals surface area contributed by atoms with Gasteiger partial charge in [-0.2, -0.15) is 0 Å². The normalized spacial score (nSPS) is 23.9. The lowest BCUT2D eigenvalue weighted by Crippen LogP contribution is -2.51. The van der Waals surface area contributed by atoms with E-state index in [1.165, 1.54) is 11.3 Å². The Bertz CT molecular complexity index is 1380. The third kappa shape index (κ3) is 3.44. The molecule has 10 heteroatoms. The van der Waals surface area contributed by atoms with Crippen LogP contribution < -0.4 is 5.32 Å². The minimum atomic E-state index is -0.831. The predicted octanol–water partition coefficient (Wildman–Crippen LogP) is 4.89. The zero-order valence-electron chi connectivity index (χ0n) is 18.5. The summed E-state index contributed by atoms with van der Waals surface area (Å²) in [5.74, 6) is -1.33. The van der Waals surface area contributed by atoms with Crippen molar-refractivity contribution in [2.24, 2.45) is 17.8 Å². The summed E-state index contributed by atoms with van der Waals surface area (Å²) in [5.41, 5.74) is 2.77. The molecule has 0 saturated heterocycles. The van der Waals surface area contributed by atoms with E-state index in [0.29, 0.717) is 27.4 Å². The summed E-state index contributed by atoms with van der Waals surface area (Å²) < 4.78 is 15.8. The van der Waals surface area contributed by atoms with E-state index in [-0.39, 0.29) is 29.4 Å². The fourth-order valence-electron chi connectivity index (χ4n) is 5.56. The lowest BCUT2D eigenvalue weighted by atomic mass is 9.61. The SMILES string of the molecule is Cc1cnc2c(-c3nc(N[C@H]4C5CCC(CC5)[C@@H]4C(=O)O)c(F)c(-c4cccs4)n3)c[nH]c2n1. The number of rotatable bonds is 5. The molecule has 3 aliphatic carbocycles. The maximum Gasteiger partial charge on any atom is 0.308 e. The Kier molecular flexibility index (Phi) is 5.05. The number of halogens is 1. The van der Waals surface area contributed by atoms with Gasteiger partial charge >= 0.3 is 5.97 Å². The highest BCUT2D eigenvalue weighted by molar-refractivity contribution is 7.13. The highest BCUT2D eigenvalue weighted by Gasteiger charge is 2.47. The Morgan fingerprint density at radius 3 is 2.74 bits per heavy atom. The van der Waals surface area contributed by atoms with Crippen LogP contribution in [0.4, 0.5) is 10.2 Å². The number of aromatic amines is 1. The molecule has 0 unspecified atom stereocenters. The number of nitrogens with zero attached hydrogens (tertiary/aromatic N) is 4. The monoisotopic (exact) mass is 478 g/mol. The number of aromatic nitrogens is 5. The third-order valence-electron chi connectivity index (χ3n) is 7.16. The van der Waals surface area contributed by atoms with Gasteiger partial charge in [0.25, 0.3) is 0 Å². The highest BCUT2D eigenvalue weighted by Crippen LogP contribution is 2.46. The molecule has 2 bridgehead atoms. The van der Waals surface area contributed by atoms with Crippen LogP contribution in [0, 0.1) is 30.5 Å². The molecular formula is C24H23FN6O2S. The summed E-state index contributed by atoms with van der Waals surface area (Å²) in [6.45, 7) is 1.86. The Hall–Kier alpha value is -3.40. The van der Waals surface area contributed by atoms with Crippen molar-refractivity contribution in [1.82, 2.24) is 24.9 Å². The topological polar surface area (TPSA) is 117 Å². The molecule has 0 radical (unpaired) electrons. The Labute approximate surface area is 198 Å². The summed E-state index contributed by atoms with van der Waals surface area (Å²) in [6.07, 6.45) is 7.10. The van der Waals surface area contributed by atoms with Crippen molar-refractivity contribution in [3.8, 4) is 22.0 Å². The van der Waals surface area contributed by atoms with Gasteiger partial charge in [-0.15, -0.1) is 11.3 Å². The van der Waals surface area contributed by atoms with Crippen LogP contribution in [-0.2, 0) is 4.79 Å². The van der Waals surface area contributed by atoms with Crippen molar-refractivity contribution in [1.29, 1.82) is 0 Å². The fraction of sp³-hybridized carbons (Fsp3) is 0.375. The maximum absolute atomic E-state index is 15.8. The Morgan fingerprint density at radius 1 is 1.21 bits per heavy atom. The van der Waals surface area contributed by atoms with Crippen LogP contribution in [0.3, 0.4) is 0 Å². The van der Waals surface area contributed by atoms with Crippen molar-refractivity contribution in [2.75, 3.05) is 5.32 Å². The number of carboxylic acid groups (broad SMARTS) is 1. The van der Waals surface area contributed by atoms with Gasteiger partial charge in [-0.25, -0.2) is 19.3 Å². The largest absolute Gasteiger partial charge is 0.481 e. The van der Waals surface area contributed by atoms with E-state index in [4.69, 9.17) is 0 Å². The first-order chi connectivity index (χ1) is 16.5. The van der Waals surface area contributed by atoms with E-state index in [2.05, 4.69) is 30.2 Å². The molecule has 2 atom stereocenters. The van der Waals surface area contributed by atoms with Gasteiger partial charge in [0.2, 0.25) is 0 Å². The second-order valence-electron chi connectivity index (χ2n) is 9.16. The molecule has 3 aliphatic rings. The Morgan fingerprint density at radius 2 is 2.00 bits per heavy atom. The smallest absolute Gasteiger partial charge is 0.308 e. The van der Waals surface area contributed by atoms with Crippen LogP contribution in [0.15, 0.2) is 29.9 Å². The van der Waals surface area contributed by atoms with Gasteiger partial charge in [-0.05, 0) is 55.9 Å². The second-order valence-corrected chi connectivity index (χ2v) is 10.1. The molecule has 3 N–H and O–H groups in total. The quantitative estimate of drug-likeness (QED) is 0.374. The number of hydrogen-bond donors (Lipinski definition) is 3. The van der Waals surface area contributed by atoms with E-state index in [1.54, 1.807) is 12.4 Å². The second kappa shape index (κ2) is 8.12. The van der Waals surface area contributed by atoms with Gasteiger partial charge in [-0.3, -0.25) is 9.78 Å². The number of hydrogen-bond acceptors (Lipinski definition) is 7. The molecular weight excluding hydrogens is 455 g/mol. The number of carbonyl (C=O) groups is 1. The van der Waals surface area contributed by atoms with Crippen LogP contribution in [0.1, 0.15) is 31.4 Å². The van der Waals surface area contributed by atoms with Crippen molar-refractivity contribution in [3.63, 3.8) is 0 Å². The predicted molar refractivity (Wildman–Crippen MR) is 127 cm³/mol. The summed E-state index contributed by atoms with van der Waals surface area (Å²) in [7, 11) is 0. The van der Waals surface area contributed by atoms with Crippen LogP contribution in [0.2, 0.25) is 0 Å². The number of nitrogens with one attached hydrogen (secondary N) is 2. The minimum Gasteiger partial charge on any atom is -0.481 e. The zero-order chi connectivity index (χ0) is 23.4. The number of thiophene rings is 1. The van der Waals surface area contributed by atoms with Crippen molar-refractivity contribution < 1.29 is 14.3 Å². The first-order valence-corrected chi connectivity index (χ1v) is 12.3. The molecule has 4 aromatic rings. The average molecular weight is 479 g/mol. The fourth-order valence-corrected chi connectivity index (χ4v) is 6.27. The molecule has 34 heavy (non-hydrogen) atoms. The molecule has 8 nitrogen and oxygen atoms in total. The van der Waals surface area contributed by atoms with E-state index in [9.17, 15) is 9.90 Å². The van der Waals surface area contributed by atoms with Gasteiger partial charge < -0.3 is 15.4 Å². The molecule has 4 heterocycles. The van der Waals surface area contributed by atoms with Gasteiger partial charge in [0.05, 0.1) is 22.1 Å². The lowest BCUT2D eigenvalue weighted by Gasteiger charge is -2.47. The van der Waals surface area contributed by atoms with Gasteiger partial charge in [0, 0.05) is 18.4 Å². The summed E-state index contributed by atoms with van der Waals surface area (Å²) in [4.78, 5) is 34.0. The molecule has 3 fully saturated rings. The van der Waals surface area contributed by atoms with Gasteiger partial charge in [0.1, 0.15) is 11.2 Å². The number of carboxylic acids is 1. The van der Waals surface area contributed by atoms with E-state index in [1.807, 2.05) is 24.4 Å². The summed E-state index contributed by atoms with van der Waals surface area (Å²) >= 11 is 1.39. The van der Waals surface area contributed by atoms with E-state index < -0.39 is 17.7 Å². The van der Waals surface area contributed by atoms with Gasteiger partial charge in [0.15, 0.2) is 23.1 Å². The Balaban J connectivity index is 1.48. The molecule has 174 valence electrons. The molecule has 0 amide bonds. The minimum absolute atomic E-state index is 0.0339. The number of fused-ring (bicyclic) bond motifs is 4. The molecule has 3 saturated carbocycles. The summed E-state index contributed by atoms with van der Waals surface area (Å²) in [5, 5.41) is 15.0. The van der Waals surface area contributed by atoms with Crippen LogP contribution in [-0.4, -0.2) is 42.0 Å². The molecule has 0 spiro atoms. The number of aryl methyl sites for hydroxylation is 1. The molecule has 4 aromatic heterocycles. The van der Waals surface area contributed by atoms with Gasteiger partial charge in [-0.1, -0.05) is 6.07 Å². The number of H-pyrrole nitrogens is 1. The zero-order valence-corrected chi connectivity index (χ0v) is 19.3.